The van der Waals surface area contributed by atoms with E-state index in [1.165, 1.54) is 45.1 Å². The average molecular weight is 199 g/mol. The lowest BCUT2D eigenvalue weighted by Gasteiger charge is -2.19. The normalized spacial score (nSPS) is 15.4. The van der Waals surface area contributed by atoms with Crippen LogP contribution in [0.2, 0.25) is 0 Å². The number of rotatable bonds is 9. The molecule has 1 N–H and O–H groups in total. The van der Waals surface area contributed by atoms with E-state index in [-0.39, 0.29) is 0 Å². The molecule has 0 fully saturated rings. The lowest BCUT2D eigenvalue weighted by Crippen LogP contribution is -2.20. The lowest BCUT2D eigenvalue weighted by atomic mass is 9.90. The zero-order chi connectivity index (χ0) is 10.8. The first-order valence-corrected chi connectivity index (χ1v) is 6.39. The van der Waals surface area contributed by atoms with Gasteiger partial charge < -0.3 is 5.32 Å². The molecule has 2 unspecified atom stereocenters. The third-order valence-corrected chi connectivity index (χ3v) is 3.11. The van der Waals surface area contributed by atoms with Crippen LogP contribution in [0, 0.1) is 11.8 Å². The second-order valence-electron chi connectivity index (χ2n) is 4.67. The van der Waals surface area contributed by atoms with Gasteiger partial charge in [0.25, 0.3) is 0 Å². The van der Waals surface area contributed by atoms with Crippen molar-refractivity contribution in [1.29, 1.82) is 0 Å². The number of unbranched alkanes of at least 4 members (excludes halogenated alkanes) is 2. The molecule has 0 aromatic rings. The molecule has 0 radical (unpaired) electrons. The number of hydrogen-bond acceptors (Lipinski definition) is 1. The first-order chi connectivity index (χ1) is 6.74. The highest BCUT2D eigenvalue weighted by Crippen LogP contribution is 2.19. The highest BCUT2D eigenvalue weighted by Gasteiger charge is 2.10. The van der Waals surface area contributed by atoms with Gasteiger partial charge in [0.05, 0.1) is 0 Å². The summed E-state index contributed by atoms with van der Waals surface area (Å²) in [6.45, 7) is 8.18. The van der Waals surface area contributed by atoms with Gasteiger partial charge in [-0.2, -0.15) is 0 Å². The lowest BCUT2D eigenvalue weighted by molar-refractivity contribution is 0.349. The fraction of sp³-hybridized carbons (Fsp3) is 1.00. The van der Waals surface area contributed by atoms with Gasteiger partial charge in [0.1, 0.15) is 0 Å². The Labute approximate surface area is 90.7 Å². The SMILES string of the molecule is CCCCCC(C)CC(CC)CNC. The number of hydrogen-bond donors (Lipinski definition) is 1. The summed E-state index contributed by atoms with van der Waals surface area (Å²) in [5, 5.41) is 3.29. The van der Waals surface area contributed by atoms with Crippen LogP contribution >= 0.6 is 0 Å². The quantitative estimate of drug-likeness (QED) is 0.556. The van der Waals surface area contributed by atoms with E-state index in [1.807, 2.05) is 0 Å². The monoisotopic (exact) mass is 199 g/mol. The summed E-state index contributed by atoms with van der Waals surface area (Å²) >= 11 is 0. The maximum Gasteiger partial charge on any atom is -0.00235 e. The van der Waals surface area contributed by atoms with Gasteiger partial charge in [-0.1, -0.05) is 52.9 Å². The fourth-order valence-corrected chi connectivity index (χ4v) is 2.11. The summed E-state index contributed by atoms with van der Waals surface area (Å²) in [5.41, 5.74) is 0. The molecular weight excluding hydrogens is 170 g/mol. The second kappa shape index (κ2) is 9.51. The van der Waals surface area contributed by atoms with E-state index in [9.17, 15) is 0 Å². The first-order valence-electron chi connectivity index (χ1n) is 6.39. The molecule has 0 rings (SSSR count). The molecular formula is C13H29N. The Balaban J connectivity index is 3.51. The summed E-state index contributed by atoms with van der Waals surface area (Å²) in [5.74, 6) is 1.80. The van der Waals surface area contributed by atoms with Crippen molar-refractivity contribution in [2.75, 3.05) is 13.6 Å². The first kappa shape index (κ1) is 14.0. The maximum atomic E-state index is 3.29. The molecule has 0 aliphatic rings. The molecule has 0 aromatic carbocycles. The predicted octanol–water partition coefficient (Wildman–Crippen LogP) is 3.84. The average Bonchev–Trinajstić information content (AvgIpc) is 2.17. The standard InChI is InChI=1S/C13H29N/c1-5-7-8-9-12(3)10-13(6-2)11-14-4/h12-14H,5-11H2,1-4H3. The zero-order valence-corrected chi connectivity index (χ0v) is 10.6. The van der Waals surface area contributed by atoms with Crippen molar-refractivity contribution in [2.24, 2.45) is 11.8 Å². The largest absolute Gasteiger partial charge is 0.319 e. The molecule has 0 aromatic heterocycles. The Morgan fingerprint density at radius 3 is 2.36 bits per heavy atom. The van der Waals surface area contributed by atoms with E-state index in [0.717, 1.165) is 11.8 Å². The Bertz CT molecular complexity index is 112. The Hall–Kier alpha value is -0.0400. The second-order valence-corrected chi connectivity index (χ2v) is 4.67. The van der Waals surface area contributed by atoms with Crippen molar-refractivity contribution in [3.63, 3.8) is 0 Å². The van der Waals surface area contributed by atoms with E-state index < -0.39 is 0 Å². The van der Waals surface area contributed by atoms with Gasteiger partial charge in [-0.3, -0.25) is 0 Å². The molecule has 1 nitrogen and oxygen atoms in total. The predicted molar refractivity (Wildman–Crippen MR) is 65.6 cm³/mol. The van der Waals surface area contributed by atoms with Gasteiger partial charge in [0.15, 0.2) is 0 Å². The van der Waals surface area contributed by atoms with Gasteiger partial charge in [0.2, 0.25) is 0 Å². The summed E-state index contributed by atoms with van der Waals surface area (Å²) in [6.07, 6.45) is 8.33. The molecule has 0 bridgehead atoms. The minimum Gasteiger partial charge on any atom is -0.319 e. The van der Waals surface area contributed by atoms with E-state index in [0.29, 0.717) is 0 Å². The third kappa shape index (κ3) is 7.37. The van der Waals surface area contributed by atoms with Gasteiger partial charge in [-0.15, -0.1) is 0 Å². The van der Waals surface area contributed by atoms with Crippen LogP contribution in [0.1, 0.15) is 59.3 Å². The van der Waals surface area contributed by atoms with Crippen molar-refractivity contribution < 1.29 is 0 Å². The van der Waals surface area contributed by atoms with E-state index in [2.05, 4.69) is 33.1 Å². The molecule has 0 amide bonds. The van der Waals surface area contributed by atoms with Crippen molar-refractivity contribution >= 4 is 0 Å². The van der Waals surface area contributed by atoms with Crippen molar-refractivity contribution in [2.45, 2.75) is 59.3 Å². The molecule has 1 heteroatoms. The van der Waals surface area contributed by atoms with E-state index in [1.54, 1.807) is 0 Å². The minimum absolute atomic E-state index is 0.886. The smallest absolute Gasteiger partial charge is 0.00235 e. The molecule has 0 saturated carbocycles. The Morgan fingerprint density at radius 2 is 1.86 bits per heavy atom. The highest BCUT2D eigenvalue weighted by atomic mass is 14.8. The molecule has 0 heterocycles. The van der Waals surface area contributed by atoms with Crippen molar-refractivity contribution in [3.8, 4) is 0 Å². The number of nitrogens with one attached hydrogen (secondary N) is 1. The molecule has 0 saturated heterocycles. The van der Waals surface area contributed by atoms with Gasteiger partial charge in [-0.05, 0) is 31.8 Å². The van der Waals surface area contributed by atoms with Crippen molar-refractivity contribution in [1.82, 2.24) is 5.32 Å². The highest BCUT2D eigenvalue weighted by molar-refractivity contribution is 4.64. The van der Waals surface area contributed by atoms with Crippen molar-refractivity contribution in [3.05, 3.63) is 0 Å². The van der Waals surface area contributed by atoms with Crippen LogP contribution in [0.5, 0.6) is 0 Å². The van der Waals surface area contributed by atoms with E-state index >= 15 is 0 Å². The molecule has 0 spiro atoms. The maximum absolute atomic E-state index is 3.29. The van der Waals surface area contributed by atoms with Gasteiger partial charge in [0, 0.05) is 0 Å². The summed E-state index contributed by atoms with van der Waals surface area (Å²) in [4.78, 5) is 0. The summed E-state index contributed by atoms with van der Waals surface area (Å²) < 4.78 is 0. The molecule has 0 aliphatic heterocycles. The van der Waals surface area contributed by atoms with Crippen LogP contribution in [-0.4, -0.2) is 13.6 Å². The molecule has 86 valence electrons. The molecule has 0 aliphatic carbocycles. The Kier molecular flexibility index (Phi) is 9.49. The fourth-order valence-electron chi connectivity index (χ4n) is 2.11. The van der Waals surface area contributed by atoms with Gasteiger partial charge >= 0.3 is 0 Å². The van der Waals surface area contributed by atoms with Gasteiger partial charge in [-0.25, -0.2) is 0 Å². The Morgan fingerprint density at radius 1 is 1.14 bits per heavy atom. The van der Waals surface area contributed by atoms with Crippen LogP contribution in [0.25, 0.3) is 0 Å². The van der Waals surface area contributed by atoms with Crippen LogP contribution in [0.15, 0.2) is 0 Å². The third-order valence-electron chi connectivity index (χ3n) is 3.11. The zero-order valence-electron chi connectivity index (χ0n) is 10.6. The van der Waals surface area contributed by atoms with E-state index in [4.69, 9.17) is 0 Å². The van der Waals surface area contributed by atoms with Crippen LogP contribution < -0.4 is 5.32 Å². The van der Waals surface area contributed by atoms with Crippen LogP contribution in [0.3, 0.4) is 0 Å². The van der Waals surface area contributed by atoms with Crippen LogP contribution in [-0.2, 0) is 0 Å². The minimum atomic E-state index is 0.886. The molecule has 14 heavy (non-hydrogen) atoms. The van der Waals surface area contributed by atoms with Crippen LogP contribution in [0.4, 0.5) is 0 Å². The summed E-state index contributed by atoms with van der Waals surface area (Å²) in [6, 6.07) is 0. The molecule has 2 atom stereocenters. The summed E-state index contributed by atoms with van der Waals surface area (Å²) in [7, 11) is 2.06. The topological polar surface area (TPSA) is 12.0 Å².